The molecule has 0 aliphatic carbocycles. The number of carboxylic acid groups (broad SMARTS) is 4. The molecule has 0 amide bonds. The van der Waals surface area contributed by atoms with Crippen molar-refractivity contribution in [2.45, 2.75) is 27.7 Å². The molecule has 0 aromatic rings. The first-order chi connectivity index (χ1) is 10.6. The van der Waals surface area contributed by atoms with Crippen LogP contribution >= 0.6 is 0 Å². The Morgan fingerprint density at radius 3 is 0.520 bits per heavy atom. The second kappa shape index (κ2) is 19.8. The van der Waals surface area contributed by atoms with E-state index in [0.717, 1.165) is 0 Å². The summed E-state index contributed by atoms with van der Waals surface area (Å²) in [4.78, 5) is 38.0. The van der Waals surface area contributed by atoms with Crippen LogP contribution in [0.1, 0.15) is 27.7 Å². The van der Waals surface area contributed by atoms with Crippen molar-refractivity contribution in [1.29, 1.82) is 0 Å². The molecule has 0 aliphatic heterocycles. The molecular weight excluding hydrogens is 527 g/mol. The molecule has 0 rings (SSSR count). The van der Waals surface area contributed by atoms with E-state index in [-0.39, 0.29) is 49.6 Å². The SMILES string of the molecule is C=C(C)C(=O)[O-].C=C(C)C(=O)[O-].C=C(C)C(=O)[O-].C=C(C)C(=O)[O-].[Pb]. The summed E-state index contributed by atoms with van der Waals surface area (Å²) in [5, 5.41) is 38.0. The van der Waals surface area contributed by atoms with Gasteiger partial charge in [0, 0.05) is 27.3 Å². The third-order valence-corrected chi connectivity index (χ3v) is 1.39. The second-order valence-electron chi connectivity index (χ2n) is 4.27. The molecule has 0 aliphatic rings. The van der Waals surface area contributed by atoms with E-state index in [4.69, 9.17) is 0 Å². The molecule has 140 valence electrons. The summed E-state index contributed by atoms with van der Waals surface area (Å²) in [5.41, 5.74) is 0.259. The van der Waals surface area contributed by atoms with Crippen molar-refractivity contribution in [2.75, 3.05) is 0 Å². The van der Waals surface area contributed by atoms with Crippen LogP contribution in [0.25, 0.3) is 0 Å². The van der Waals surface area contributed by atoms with Crippen LogP contribution in [-0.2, 0) is 19.2 Å². The number of hydrogen-bond donors (Lipinski definition) is 0. The maximum atomic E-state index is 9.49. The van der Waals surface area contributed by atoms with Crippen LogP contribution in [0.2, 0.25) is 0 Å². The Hall–Kier alpha value is -2.24. The average Bonchev–Trinajstić information content (AvgIpc) is 2.40. The zero-order valence-electron chi connectivity index (χ0n) is 14.6. The molecule has 0 atom stereocenters. The number of aliphatic carboxylic acids is 4. The van der Waals surface area contributed by atoms with Gasteiger partial charge in [-0.15, -0.1) is 0 Å². The Morgan fingerprint density at radius 1 is 0.480 bits per heavy atom. The Kier molecular flexibility index (Phi) is 27.1. The monoisotopic (exact) mass is 548 g/mol. The van der Waals surface area contributed by atoms with Gasteiger partial charge in [-0.05, 0) is 50.0 Å². The van der Waals surface area contributed by atoms with Gasteiger partial charge >= 0.3 is 0 Å². The fourth-order valence-corrected chi connectivity index (χ4v) is 0. The minimum absolute atomic E-state index is 0. The molecule has 0 aromatic heterocycles. The minimum atomic E-state index is -1.19. The van der Waals surface area contributed by atoms with Gasteiger partial charge in [-0.1, -0.05) is 26.3 Å². The molecule has 0 heterocycles. The number of hydrogen-bond acceptors (Lipinski definition) is 8. The summed E-state index contributed by atoms with van der Waals surface area (Å²) in [5.74, 6) is -4.74. The van der Waals surface area contributed by atoms with Crippen LogP contribution in [-0.4, -0.2) is 51.2 Å². The van der Waals surface area contributed by atoms with Gasteiger partial charge in [0.15, 0.2) is 0 Å². The van der Waals surface area contributed by atoms with Gasteiger partial charge in [-0.3, -0.25) is 0 Å². The summed E-state index contributed by atoms with van der Waals surface area (Å²) in [6.07, 6.45) is 0. The van der Waals surface area contributed by atoms with Crippen LogP contribution in [0.4, 0.5) is 0 Å². The molecule has 0 bridgehead atoms. The van der Waals surface area contributed by atoms with Gasteiger partial charge in [-0.25, -0.2) is 0 Å². The normalized spacial score (nSPS) is 7.20. The largest absolute Gasteiger partial charge is 0.545 e. The van der Waals surface area contributed by atoms with Crippen molar-refractivity contribution in [2.24, 2.45) is 0 Å². The first-order valence-corrected chi connectivity index (χ1v) is 6.05. The summed E-state index contributed by atoms with van der Waals surface area (Å²) in [6, 6.07) is 0. The standard InChI is InChI=1S/4C4H6O2.Pb/c4*1-3(2)4(5)6;/h4*1H2,2H3,(H,5,6);/p-4. The fourth-order valence-electron chi connectivity index (χ4n) is 0. The van der Waals surface area contributed by atoms with Gasteiger partial charge in [-0.2, -0.15) is 0 Å². The number of carboxylic acids is 4. The molecule has 9 heteroatoms. The maximum absolute atomic E-state index is 9.49. The smallest absolute Gasteiger partial charge is 0.0666 e. The molecule has 0 unspecified atom stereocenters. The Balaban J connectivity index is -0.0000000702. The van der Waals surface area contributed by atoms with Crippen LogP contribution in [0.3, 0.4) is 0 Å². The van der Waals surface area contributed by atoms with E-state index in [1.54, 1.807) is 0 Å². The average molecular weight is 548 g/mol. The van der Waals surface area contributed by atoms with Crippen molar-refractivity contribution in [3.63, 3.8) is 0 Å². The number of carbonyl (C=O) groups excluding carboxylic acids is 4. The fraction of sp³-hybridized carbons (Fsp3) is 0.250. The van der Waals surface area contributed by atoms with Crippen LogP contribution in [0.15, 0.2) is 48.6 Å². The molecule has 0 N–H and O–H groups in total. The molecule has 0 aromatic carbocycles. The Labute approximate surface area is 167 Å². The number of carbonyl (C=O) groups is 4. The first kappa shape index (κ1) is 34.2. The molecule has 0 fully saturated rings. The third-order valence-electron chi connectivity index (χ3n) is 1.39. The van der Waals surface area contributed by atoms with E-state index < -0.39 is 23.9 Å². The zero-order valence-corrected chi connectivity index (χ0v) is 18.5. The summed E-state index contributed by atoms with van der Waals surface area (Å²) < 4.78 is 0. The van der Waals surface area contributed by atoms with Crippen molar-refractivity contribution in [1.82, 2.24) is 0 Å². The van der Waals surface area contributed by atoms with E-state index in [1.165, 1.54) is 27.7 Å². The van der Waals surface area contributed by atoms with Crippen molar-refractivity contribution >= 4 is 51.2 Å². The van der Waals surface area contributed by atoms with E-state index in [1.807, 2.05) is 0 Å². The molecule has 0 spiro atoms. The topological polar surface area (TPSA) is 161 Å². The van der Waals surface area contributed by atoms with Crippen molar-refractivity contribution in [3.05, 3.63) is 48.6 Å². The number of rotatable bonds is 4. The molecule has 4 radical (unpaired) electrons. The van der Waals surface area contributed by atoms with Crippen molar-refractivity contribution < 1.29 is 39.6 Å². The predicted molar refractivity (Wildman–Crippen MR) is 85.0 cm³/mol. The Morgan fingerprint density at radius 2 is 0.520 bits per heavy atom. The quantitative estimate of drug-likeness (QED) is 0.264. The predicted octanol–water partition coefficient (Wildman–Crippen LogP) is -3.13. The molecule has 0 saturated carbocycles. The van der Waals surface area contributed by atoms with Gasteiger partial charge < -0.3 is 39.6 Å². The van der Waals surface area contributed by atoms with Crippen LogP contribution < -0.4 is 20.4 Å². The Bertz CT molecular complexity index is 388. The molecular formula is C16H20O8Pb-4. The molecule has 25 heavy (non-hydrogen) atoms. The van der Waals surface area contributed by atoms with Gasteiger partial charge in [0.05, 0.1) is 23.9 Å². The van der Waals surface area contributed by atoms with Gasteiger partial charge in [0.1, 0.15) is 0 Å². The van der Waals surface area contributed by atoms with E-state index in [0.29, 0.717) is 0 Å². The third kappa shape index (κ3) is 44.9. The second-order valence-corrected chi connectivity index (χ2v) is 4.27. The molecule has 0 saturated heterocycles. The van der Waals surface area contributed by atoms with Crippen molar-refractivity contribution in [3.8, 4) is 0 Å². The molecule has 8 nitrogen and oxygen atoms in total. The minimum Gasteiger partial charge on any atom is -0.545 e. The van der Waals surface area contributed by atoms with E-state index in [9.17, 15) is 39.6 Å². The first-order valence-electron chi connectivity index (χ1n) is 6.05. The zero-order chi connectivity index (χ0) is 20.6. The maximum Gasteiger partial charge on any atom is 0.0666 e. The summed E-state index contributed by atoms with van der Waals surface area (Å²) in [6.45, 7) is 17.9. The van der Waals surface area contributed by atoms with Gasteiger partial charge in [0.25, 0.3) is 0 Å². The van der Waals surface area contributed by atoms with E-state index >= 15 is 0 Å². The summed E-state index contributed by atoms with van der Waals surface area (Å²) in [7, 11) is 0. The van der Waals surface area contributed by atoms with Crippen LogP contribution in [0.5, 0.6) is 0 Å². The van der Waals surface area contributed by atoms with Gasteiger partial charge in [0.2, 0.25) is 0 Å². The summed E-state index contributed by atoms with van der Waals surface area (Å²) >= 11 is 0. The van der Waals surface area contributed by atoms with E-state index in [2.05, 4.69) is 26.3 Å². The van der Waals surface area contributed by atoms with Crippen LogP contribution in [0, 0.1) is 0 Å².